The zero-order valence-corrected chi connectivity index (χ0v) is 11.4. The third-order valence-electron chi connectivity index (χ3n) is 4.67. The Labute approximate surface area is 121 Å². The fraction of sp³-hybridized carbons (Fsp3) is 0.533. The molecule has 3 aliphatic heterocycles. The molecule has 3 aliphatic rings. The molecule has 1 aromatic carbocycles. The van der Waals surface area contributed by atoms with Crippen LogP contribution in [0.2, 0.25) is 0 Å². The first kappa shape index (κ1) is 13.2. The number of rotatable bonds is 1. The van der Waals surface area contributed by atoms with Crippen LogP contribution in [0.4, 0.5) is 8.78 Å². The van der Waals surface area contributed by atoms with Gasteiger partial charge in [-0.2, -0.15) is 0 Å². The van der Waals surface area contributed by atoms with Gasteiger partial charge in [-0.15, -0.1) is 0 Å². The van der Waals surface area contributed by atoms with Crippen molar-refractivity contribution < 1.29 is 18.3 Å². The van der Waals surface area contributed by atoms with Crippen molar-refractivity contribution in [2.45, 2.75) is 44.1 Å². The predicted octanol–water partition coefficient (Wildman–Crippen LogP) is 1.33. The van der Waals surface area contributed by atoms with E-state index in [0.29, 0.717) is 30.6 Å². The van der Waals surface area contributed by atoms with E-state index in [1.807, 2.05) is 0 Å². The third-order valence-corrected chi connectivity index (χ3v) is 4.67. The minimum absolute atomic E-state index is 0.00924. The molecular formula is C15H16F2N2O2. The Bertz CT molecular complexity index is 565. The van der Waals surface area contributed by atoms with Gasteiger partial charge in [-0.25, -0.2) is 8.78 Å². The van der Waals surface area contributed by atoms with E-state index in [1.54, 1.807) is 4.90 Å². The Hall–Kier alpha value is -1.53. The van der Waals surface area contributed by atoms with Crippen LogP contribution >= 0.6 is 0 Å². The molecule has 0 unspecified atom stereocenters. The van der Waals surface area contributed by atoms with E-state index >= 15 is 0 Å². The minimum Gasteiger partial charge on any atom is -0.376 e. The number of nitrogens with one attached hydrogen (secondary N) is 1. The fourth-order valence-electron chi connectivity index (χ4n) is 3.57. The van der Waals surface area contributed by atoms with Crippen molar-refractivity contribution in [2.75, 3.05) is 6.61 Å². The predicted molar refractivity (Wildman–Crippen MR) is 70.3 cm³/mol. The molecule has 0 bridgehead atoms. The smallest absolute Gasteiger partial charge is 0.240 e. The molecule has 0 aromatic heterocycles. The highest BCUT2D eigenvalue weighted by Gasteiger charge is 2.42. The third kappa shape index (κ3) is 2.13. The van der Waals surface area contributed by atoms with Crippen LogP contribution in [0.5, 0.6) is 0 Å². The average molecular weight is 294 g/mol. The van der Waals surface area contributed by atoms with Gasteiger partial charge in [0.05, 0.1) is 12.1 Å². The second kappa shape index (κ2) is 4.74. The lowest BCUT2D eigenvalue weighted by molar-refractivity contribution is -0.134. The summed E-state index contributed by atoms with van der Waals surface area (Å²) in [6, 6.07) is 2.40. The van der Waals surface area contributed by atoms with Gasteiger partial charge in [-0.05, 0) is 36.1 Å². The topological polar surface area (TPSA) is 41.6 Å². The maximum absolute atomic E-state index is 13.3. The highest BCUT2D eigenvalue weighted by molar-refractivity contribution is 5.83. The number of ether oxygens (including phenoxy) is 1. The zero-order chi connectivity index (χ0) is 14.6. The maximum Gasteiger partial charge on any atom is 0.240 e. The molecule has 4 rings (SSSR count). The molecule has 0 radical (unpaired) electrons. The first-order chi connectivity index (χ1) is 10.1. The number of carbonyl (C=O) groups is 1. The van der Waals surface area contributed by atoms with Gasteiger partial charge in [0, 0.05) is 25.7 Å². The molecule has 0 saturated carbocycles. The number of amides is 1. The van der Waals surface area contributed by atoms with E-state index in [0.717, 1.165) is 13.0 Å². The van der Waals surface area contributed by atoms with Gasteiger partial charge >= 0.3 is 0 Å². The van der Waals surface area contributed by atoms with E-state index in [1.165, 1.54) is 12.1 Å². The first-order valence-corrected chi connectivity index (χ1v) is 7.25. The normalized spacial score (nSPS) is 30.6. The molecule has 1 amide bonds. The van der Waals surface area contributed by atoms with Crippen molar-refractivity contribution in [1.29, 1.82) is 0 Å². The molecule has 3 atom stereocenters. The van der Waals surface area contributed by atoms with E-state index in [9.17, 15) is 13.6 Å². The summed E-state index contributed by atoms with van der Waals surface area (Å²) in [5.41, 5.74) is 1.38. The van der Waals surface area contributed by atoms with Gasteiger partial charge in [0.15, 0.2) is 11.6 Å². The molecule has 1 N–H and O–H groups in total. The Morgan fingerprint density at radius 3 is 2.52 bits per heavy atom. The lowest BCUT2D eigenvalue weighted by Crippen LogP contribution is -2.43. The van der Waals surface area contributed by atoms with Crippen molar-refractivity contribution >= 4 is 5.91 Å². The van der Waals surface area contributed by atoms with Crippen molar-refractivity contribution in [2.24, 2.45) is 0 Å². The van der Waals surface area contributed by atoms with Crippen molar-refractivity contribution in [1.82, 2.24) is 10.2 Å². The van der Waals surface area contributed by atoms with Crippen LogP contribution < -0.4 is 5.32 Å². The van der Waals surface area contributed by atoms with Crippen LogP contribution in [0, 0.1) is 11.6 Å². The first-order valence-electron chi connectivity index (χ1n) is 7.25. The van der Waals surface area contributed by atoms with E-state index in [2.05, 4.69) is 5.32 Å². The second-order valence-corrected chi connectivity index (χ2v) is 5.99. The van der Waals surface area contributed by atoms with Crippen molar-refractivity contribution in [3.05, 3.63) is 34.9 Å². The molecule has 2 fully saturated rings. The van der Waals surface area contributed by atoms with E-state index < -0.39 is 11.6 Å². The van der Waals surface area contributed by atoms with Gasteiger partial charge < -0.3 is 15.0 Å². The van der Waals surface area contributed by atoms with E-state index in [4.69, 9.17) is 4.74 Å². The highest BCUT2D eigenvalue weighted by Crippen LogP contribution is 2.29. The van der Waals surface area contributed by atoms with Gasteiger partial charge in [0.25, 0.3) is 0 Å². The summed E-state index contributed by atoms with van der Waals surface area (Å²) in [6.07, 6.45) is 1.74. The Morgan fingerprint density at radius 1 is 1.24 bits per heavy atom. The average Bonchev–Trinajstić information content (AvgIpc) is 3.11. The Kier molecular flexibility index (Phi) is 2.97. The van der Waals surface area contributed by atoms with Crippen LogP contribution in [-0.2, 0) is 22.6 Å². The van der Waals surface area contributed by atoms with Crippen LogP contribution in [0.15, 0.2) is 12.1 Å². The summed E-state index contributed by atoms with van der Waals surface area (Å²) < 4.78 is 32.1. The number of fused-ring (bicyclic) bond motifs is 2. The second-order valence-electron chi connectivity index (χ2n) is 5.99. The molecule has 1 aromatic rings. The summed E-state index contributed by atoms with van der Waals surface area (Å²) in [5, 5.41) is 3.31. The summed E-state index contributed by atoms with van der Waals surface area (Å²) in [6.45, 7) is 1.44. The molecule has 4 nitrogen and oxygen atoms in total. The fourth-order valence-corrected chi connectivity index (χ4v) is 3.57. The van der Waals surface area contributed by atoms with Crippen molar-refractivity contribution in [3.8, 4) is 0 Å². The summed E-state index contributed by atoms with van der Waals surface area (Å²) >= 11 is 0. The zero-order valence-electron chi connectivity index (χ0n) is 11.4. The summed E-state index contributed by atoms with van der Waals surface area (Å²) in [5.74, 6) is -1.72. The standard InChI is InChI=1S/C15H16F2N2O2/c16-10-3-8-6-19(7-9(8)4-11(10)17)15(20)13-5-14-12(18-13)1-2-21-14/h3-4,12-14,18H,1-2,5-7H2/t12-,13-,14-/m0/s1. The molecule has 0 spiro atoms. The molecule has 112 valence electrons. The van der Waals surface area contributed by atoms with Crippen LogP contribution in [0.1, 0.15) is 24.0 Å². The van der Waals surface area contributed by atoms with Gasteiger partial charge in [-0.3, -0.25) is 4.79 Å². The van der Waals surface area contributed by atoms with Gasteiger partial charge in [0.2, 0.25) is 5.91 Å². The van der Waals surface area contributed by atoms with E-state index in [-0.39, 0.29) is 24.1 Å². The largest absolute Gasteiger partial charge is 0.376 e. The maximum atomic E-state index is 13.3. The molecule has 21 heavy (non-hydrogen) atoms. The SMILES string of the molecule is O=C([C@@H]1C[C@@H]2OCC[C@@H]2N1)N1Cc2cc(F)c(F)cc2C1. The summed E-state index contributed by atoms with van der Waals surface area (Å²) in [4.78, 5) is 14.2. The highest BCUT2D eigenvalue weighted by atomic mass is 19.2. The number of nitrogens with zero attached hydrogens (tertiary/aromatic N) is 1. The Morgan fingerprint density at radius 2 is 1.90 bits per heavy atom. The van der Waals surface area contributed by atoms with Crippen LogP contribution in [0.3, 0.4) is 0 Å². The number of hydrogen-bond acceptors (Lipinski definition) is 3. The summed E-state index contributed by atoms with van der Waals surface area (Å²) in [7, 11) is 0. The molecular weight excluding hydrogens is 278 g/mol. The van der Waals surface area contributed by atoms with Crippen LogP contribution in [-0.4, -0.2) is 35.6 Å². The van der Waals surface area contributed by atoms with Gasteiger partial charge in [0.1, 0.15) is 0 Å². The van der Waals surface area contributed by atoms with Crippen molar-refractivity contribution in [3.63, 3.8) is 0 Å². The quantitative estimate of drug-likeness (QED) is 0.849. The lowest BCUT2D eigenvalue weighted by atomic mass is 10.1. The number of benzene rings is 1. The number of carbonyl (C=O) groups excluding carboxylic acids is 1. The number of halogens is 2. The van der Waals surface area contributed by atoms with Gasteiger partial charge in [-0.1, -0.05) is 0 Å². The monoisotopic (exact) mass is 294 g/mol. The number of hydrogen-bond donors (Lipinski definition) is 1. The molecule has 2 saturated heterocycles. The van der Waals surface area contributed by atoms with Crippen LogP contribution in [0.25, 0.3) is 0 Å². The Balaban J connectivity index is 1.48. The molecule has 0 aliphatic carbocycles. The lowest BCUT2D eigenvalue weighted by Gasteiger charge is -2.20. The minimum atomic E-state index is -0.857. The molecule has 6 heteroatoms. The molecule has 3 heterocycles.